The van der Waals surface area contributed by atoms with Gasteiger partial charge in [0.15, 0.2) is 5.69 Å². The van der Waals surface area contributed by atoms with Crippen LogP contribution in [0.5, 0.6) is 0 Å². The van der Waals surface area contributed by atoms with Gasteiger partial charge in [-0.15, -0.1) is 0 Å². The van der Waals surface area contributed by atoms with E-state index in [1.54, 1.807) is 0 Å². The Bertz CT molecular complexity index is 445. The van der Waals surface area contributed by atoms with Gasteiger partial charge >= 0.3 is 0 Å². The van der Waals surface area contributed by atoms with E-state index in [-0.39, 0.29) is 11.6 Å². The molecule has 0 radical (unpaired) electrons. The topological polar surface area (TPSA) is 81.9 Å². The van der Waals surface area contributed by atoms with E-state index in [1.165, 1.54) is 12.4 Å². The number of amides is 1. The third-order valence-electron chi connectivity index (χ3n) is 2.87. The number of hydrogen-bond acceptors (Lipinski definition) is 5. The van der Waals surface area contributed by atoms with Gasteiger partial charge in [-0.2, -0.15) is 5.26 Å². The molecule has 0 aliphatic carbocycles. The highest BCUT2D eigenvalue weighted by Gasteiger charge is 2.16. The van der Waals surface area contributed by atoms with Crippen LogP contribution in [0.25, 0.3) is 0 Å². The maximum Gasteiger partial charge on any atom is 0.224 e. The number of carbonyl (C=O) groups excluding carboxylic acids is 1. The number of nitrogens with zero attached hydrogens (tertiary/aromatic N) is 4. The van der Waals surface area contributed by atoms with Gasteiger partial charge in [-0.1, -0.05) is 0 Å². The van der Waals surface area contributed by atoms with Crippen molar-refractivity contribution in [2.75, 3.05) is 25.0 Å². The Hall–Kier alpha value is -2.16. The van der Waals surface area contributed by atoms with Gasteiger partial charge in [0.05, 0.1) is 12.4 Å². The summed E-state index contributed by atoms with van der Waals surface area (Å²) in [7, 11) is 0. The third-order valence-corrected chi connectivity index (χ3v) is 2.87. The lowest BCUT2D eigenvalue weighted by molar-refractivity contribution is -0.129. The summed E-state index contributed by atoms with van der Waals surface area (Å²) in [6.07, 6.45) is 5.59. The molecule has 2 rings (SSSR count). The molecule has 1 fully saturated rings. The Morgan fingerprint density at radius 1 is 1.39 bits per heavy atom. The predicted octanol–water partition coefficient (Wildman–Crippen LogP) is 0.773. The smallest absolute Gasteiger partial charge is 0.224 e. The molecule has 0 atom stereocenters. The quantitative estimate of drug-likeness (QED) is 0.847. The average molecular weight is 245 g/mol. The Balaban J connectivity index is 1.74. The van der Waals surface area contributed by atoms with Crippen LogP contribution >= 0.6 is 0 Å². The number of likely N-dealkylation sites (tertiary alicyclic amines) is 1. The van der Waals surface area contributed by atoms with E-state index >= 15 is 0 Å². The van der Waals surface area contributed by atoms with Crippen molar-refractivity contribution in [1.29, 1.82) is 5.26 Å². The van der Waals surface area contributed by atoms with Crippen LogP contribution < -0.4 is 5.32 Å². The first-order chi connectivity index (χ1) is 8.79. The summed E-state index contributed by atoms with van der Waals surface area (Å²) in [6, 6.07) is 1.90. The molecule has 6 heteroatoms. The Labute approximate surface area is 106 Å². The van der Waals surface area contributed by atoms with E-state index in [0.717, 1.165) is 25.9 Å². The normalized spacial score (nSPS) is 14.3. The fourth-order valence-electron chi connectivity index (χ4n) is 1.90. The van der Waals surface area contributed by atoms with Gasteiger partial charge in [0, 0.05) is 26.1 Å². The molecular weight excluding hydrogens is 230 g/mol. The van der Waals surface area contributed by atoms with Gasteiger partial charge in [0.2, 0.25) is 5.91 Å². The lowest BCUT2D eigenvalue weighted by atomic mass is 10.3. The van der Waals surface area contributed by atoms with Crippen molar-refractivity contribution < 1.29 is 4.79 Å². The Morgan fingerprint density at radius 3 is 2.78 bits per heavy atom. The molecular formula is C12H15N5O. The SMILES string of the molecule is N#Cc1cnc(NCCC(=O)N2CCCC2)cn1. The molecule has 6 nitrogen and oxygen atoms in total. The maximum absolute atomic E-state index is 11.7. The zero-order chi connectivity index (χ0) is 12.8. The van der Waals surface area contributed by atoms with Crippen LogP contribution in [-0.4, -0.2) is 40.4 Å². The summed E-state index contributed by atoms with van der Waals surface area (Å²) in [4.78, 5) is 21.6. The molecule has 0 bridgehead atoms. The molecule has 18 heavy (non-hydrogen) atoms. The van der Waals surface area contributed by atoms with E-state index in [1.807, 2.05) is 11.0 Å². The third kappa shape index (κ3) is 3.17. The second kappa shape index (κ2) is 5.96. The van der Waals surface area contributed by atoms with Crippen molar-refractivity contribution in [3.05, 3.63) is 18.1 Å². The lowest BCUT2D eigenvalue weighted by Gasteiger charge is -2.15. The molecule has 2 heterocycles. The Morgan fingerprint density at radius 2 is 2.17 bits per heavy atom. The second-order valence-corrected chi connectivity index (χ2v) is 4.16. The molecule has 1 saturated heterocycles. The van der Waals surface area contributed by atoms with Gasteiger partial charge in [0.25, 0.3) is 0 Å². The van der Waals surface area contributed by atoms with Crippen LogP contribution in [0.15, 0.2) is 12.4 Å². The highest BCUT2D eigenvalue weighted by molar-refractivity contribution is 5.76. The minimum absolute atomic E-state index is 0.182. The summed E-state index contributed by atoms with van der Waals surface area (Å²) in [6.45, 7) is 2.31. The largest absolute Gasteiger partial charge is 0.368 e. The number of anilines is 1. The fraction of sp³-hybridized carbons (Fsp3) is 0.500. The molecule has 94 valence electrons. The van der Waals surface area contributed by atoms with Crippen molar-refractivity contribution >= 4 is 11.7 Å². The van der Waals surface area contributed by atoms with Crippen LogP contribution in [0.4, 0.5) is 5.82 Å². The zero-order valence-corrected chi connectivity index (χ0v) is 10.1. The molecule has 1 amide bonds. The van der Waals surface area contributed by atoms with Crippen molar-refractivity contribution in [1.82, 2.24) is 14.9 Å². The molecule has 1 aliphatic heterocycles. The molecule has 0 spiro atoms. The molecule has 0 unspecified atom stereocenters. The van der Waals surface area contributed by atoms with E-state index < -0.39 is 0 Å². The Kier molecular flexibility index (Phi) is 4.07. The number of carbonyl (C=O) groups is 1. The zero-order valence-electron chi connectivity index (χ0n) is 10.1. The minimum Gasteiger partial charge on any atom is -0.368 e. The van der Waals surface area contributed by atoms with Gasteiger partial charge in [0.1, 0.15) is 11.9 Å². The molecule has 1 aromatic heterocycles. The van der Waals surface area contributed by atoms with Gasteiger partial charge in [-0.25, -0.2) is 9.97 Å². The van der Waals surface area contributed by atoms with Crippen LogP contribution in [0.3, 0.4) is 0 Å². The predicted molar refractivity (Wildman–Crippen MR) is 65.7 cm³/mol. The number of aromatic nitrogens is 2. The summed E-state index contributed by atoms with van der Waals surface area (Å²) in [5.74, 6) is 0.768. The standard InChI is InChI=1S/C12H15N5O/c13-7-10-8-16-11(9-15-10)14-4-3-12(18)17-5-1-2-6-17/h8-9H,1-6H2,(H,14,16). The van der Waals surface area contributed by atoms with Crippen LogP contribution in [-0.2, 0) is 4.79 Å². The fourth-order valence-corrected chi connectivity index (χ4v) is 1.90. The van der Waals surface area contributed by atoms with Gasteiger partial charge in [-0.3, -0.25) is 4.79 Å². The van der Waals surface area contributed by atoms with Crippen LogP contribution in [0.2, 0.25) is 0 Å². The van der Waals surface area contributed by atoms with Gasteiger partial charge in [-0.05, 0) is 12.8 Å². The van der Waals surface area contributed by atoms with Crippen LogP contribution in [0.1, 0.15) is 25.0 Å². The number of nitriles is 1. The maximum atomic E-state index is 11.7. The van der Waals surface area contributed by atoms with E-state index in [2.05, 4.69) is 15.3 Å². The van der Waals surface area contributed by atoms with E-state index in [4.69, 9.17) is 5.26 Å². The molecule has 1 aliphatic rings. The summed E-state index contributed by atoms with van der Waals surface area (Å²) < 4.78 is 0. The first-order valence-corrected chi connectivity index (χ1v) is 6.03. The summed E-state index contributed by atoms with van der Waals surface area (Å²) in [5, 5.41) is 11.6. The number of nitrogens with one attached hydrogen (secondary N) is 1. The van der Waals surface area contributed by atoms with Crippen LogP contribution in [0, 0.1) is 11.3 Å². The van der Waals surface area contributed by atoms with Crippen molar-refractivity contribution in [3.8, 4) is 6.07 Å². The molecule has 0 aromatic carbocycles. The first-order valence-electron chi connectivity index (χ1n) is 6.03. The lowest BCUT2D eigenvalue weighted by Crippen LogP contribution is -2.29. The van der Waals surface area contributed by atoms with Crippen molar-refractivity contribution in [2.45, 2.75) is 19.3 Å². The minimum atomic E-state index is 0.182. The summed E-state index contributed by atoms with van der Waals surface area (Å²) >= 11 is 0. The highest BCUT2D eigenvalue weighted by atomic mass is 16.2. The molecule has 0 saturated carbocycles. The first kappa shape index (κ1) is 12.3. The number of hydrogen-bond donors (Lipinski definition) is 1. The van der Waals surface area contributed by atoms with Gasteiger partial charge < -0.3 is 10.2 Å². The number of rotatable bonds is 4. The molecule has 1 N–H and O–H groups in total. The monoisotopic (exact) mass is 245 g/mol. The van der Waals surface area contributed by atoms with Crippen molar-refractivity contribution in [2.24, 2.45) is 0 Å². The van der Waals surface area contributed by atoms with E-state index in [9.17, 15) is 4.79 Å². The summed E-state index contributed by atoms with van der Waals surface area (Å²) in [5.41, 5.74) is 0.286. The molecule has 1 aromatic rings. The highest BCUT2D eigenvalue weighted by Crippen LogP contribution is 2.09. The average Bonchev–Trinajstić information content (AvgIpc) is 2.93. The van der Waals surface area contributed by atoms with Crippen molar-refractivity contribution in [3.63, 3.8) is 0 Å². The van der Waals surface area contributed by atoms with E-state index in [0.29, 0.717) is 18.8 Å². The second-order valence-electron chi connectivity index (χ2n) is 4.16.